The van der Waals surface area contributed by atoms with Gasteiger partial charge in [0.1, 0.15) is 17.3 Å². The molecule has 0 atom stereocenters. The molecule has 1 aliphatic heterocycles. The van der Waals surface area contributed by atoms with E-state index in [9.17, 15) is 4.79 Å². The molecular weight excluding hydrogens is 508 g/mol. The fourth-order valence-corrected chi connectivity index (χ4v) is 4.24. The van der Waals surface area contributed by atoms with Crippen LogP contribution in [0.3, 0.4) is 0 Å². The molecule has 4 N–H and O–H groups in total. The van der Waals surface area contributed by atoms with Gasteiger partial charge in [-0.15, -0.1) is 0 Å². The van der Waals surface area contributed by atoms with Crippen LogP contribution >= 0.6 is 0 Å². The van der Waals surface area contributed by atoms with E-state index in [1.54, 1.807) is 12.3 Å². The number of carbonyl (C=O) groups is 1. The Labute approximate surface area is 235 Å². The molecule has 1 aromatic heterocycles. The molecule has 0 spiro atoms. The van der Waals surface area contributed by atoms with Crippen LogP contribution in [0.2, 0.25) is 0 Å². The fraction of sp³-hybridized carbons (Fsp3) is 0.400. The maximum atomic E-state index is 12.2. The molecule has 1 saturated heterocycles. The zero-order valence-corrected chi connectivity index (χ0v) is 23.5. The fourth-order valence-electron chi connectivity index (χ4n) is 4.24. The van der Waals surface area contributed by atoms with Crippen LogP contribution in [0.25, 0.3) is 22.3 Å². The Morgan fingerprint density at radius 3 is 2.60 bits per heavy atom. The molecule has 0 bridgehead atoms. The molecular formula is C30H38N6O4. The molecule has 212 valence electrons. The molecule has 1 aliphatic rings. The van der Waals surface area contributed by atoms with E-state index in [1.807, 2.05) is 64.1 Å². The van der Waals surface area contributed by atoms with Crippen LogP contribution < -0.4 is 25.4 Å². The van der Waals surface area contributed by atoms with Gasteiger partial charge in [-0.05, 0) is 70.9 Å². The molecule has 0 saturated carbocycles. The van der Waals surface area contributed by atoms with Gasteiger partial charge in [0.05, 0.1) is 17.8 Å². The zero-order valence-electron chi connectivity index (χ0n) is 23.5. The van der Waals surface area contributed by atoms with E-state index in [0.29, 0.717) is 47.0 Å². The van der Waals surface area contributed by atoms with Crippen molar-refractivity contribution in [1.82, 2.24) is 20.6 Å². The second kappa shape index (κ2) is 13.3. The Morgan fingerprint density at radius 2 is 1.88 bits per heavy atom. The molecule has 4 rings (SSSR count). The molecule has 0 aliphatic carbocycles. The number of amides is 1. The summed E-state index contributed by atoms with van der Waals surface area (Å²) in [5, 5.41) is 18.3. The van der Waals surface area contributed by atoms with Gasteiger partial charge in [0.15, 0.2) is 12.4 Å². The highest BCUT2D eigenvalue weighted by Gasteiger charge is 2.16. The lowest BCUT2D eigenvalue weighted by Gasteiger charge is -2.22. The number of anilines is 1. The second-order valence-corrected chi connectivity index (χ2v) is 10.5. The van der Waals surface area contributed by atoms with E-state index in [4.69, 9.17) is 29.6 Å². The number of hydrogen-bond donors (Lipinski definition) is 4. The molecule has 3 aromatic rings. The third-order valence-corrected chi connectivity index (χ3v) is 6.07. The number of carbonyl (C=O) groups excluding carboxylic acids is 1. The Hall–Kier alpha value is -4.18. The average molecular weight is 547 g/mol. The lowest BCUT2D eigenvalue weighted by Crippen LogP contribution is -2.43. The number of benzene rings is 2. The van der Waals surface area contributed by atoms with Gasteiger partial charge in [0.25, 0.3) is 5.91 Å². The predicted molar refractivity (Wildman–Crippen MR) is 157 cm³/mol. The highest BCUT2D eigenvalue weighted by molar-refractivity contribution is 5.94. The minimum atomic E-state index is -0.337. The Kier molecular flexibility index (Phi) is 9.55. The topological polar surface area (TPSA) is 130 Å². The van der Waals surface area contributed by atoms with Gasteiger partial charge in [0, 0.05) is 48.2 Å². The molecule has 40 heavy (non-hydrogen) atoms. The van der Waals surface area contributed by atoms with Crippen molar-refractivity contribution in [2.75, 3.05) is 31.7 Å². The summed E-state index contributed by atoms with van der Waals surface area (Å²) < 4.78 is 16.9. The lowest BCUT2D eigenvalue weighted by atomic mass is 10.1. The van der Waals surface area contributed by atoms with Crippen molar-refractivity contribution in [2.24, 2.45) is 0 Å². The summed E-state index contributed by atoms with van der Waals surface area (Å²) in [6.45, 7) is 9.59. The zero-order chi connectivity index (χ0) is 28.5. The highest BCUT2D eigenvalue weighted by atomic mass is 16.5. The smallest absolute Gasteiger partial charge is 0.258 e. The molecule has 0 radical (unpaired) electrons. The normalized spacial score (nSPS) is 14.4. The van der Waals surface area contributed by atoms with Crippen molar-refractivity contribution in [1.29, 1.82) is 5.41 Å². The molecule has 1 fully saturated rings. The maximum Gasteiger partial charge on any atom is 0.258 e. The van der Waals surface area contributed by atoms with Crippen LogP contribution in [0.15, 0.2) is 54.4 Å². The van der Waals surface area contributed by atoms with Crippen molar-refractivity contribution >= 4 is 28.8 Å². The van der Waals surface area contributed by atoms with Crippen molar-refractivity contribution in [2.45, 2.75) is 52.1 Å². The van der Waals surface area contributed by atoms with Gasteiger partial charge < -0.3 is 35.6 Å². The van der Waals surface area contributed by atoms with Gasteiger partial charge >= 0.3 is 0 Å². The Balaban J connectivity index is 1.63. The number of ether oxygens (including phenoxy) is 3. The highest BCUT2D eigenvalue weighted by Crippen LogP contribution is 2.30. The van der Waals surface area contributed by atoms with Crippen molar-refractivity contribution < 1.29 is 19.0 Å². The number of allylic oxidation sites excluding steroid dienone is 1. The Bertz CT molecular complexity index is 1360. The monoisotopic (exact) mass is 546 g/mol. The number of hydrogen-bond acceptors (Lipinski definition) is 9. The first kappa shape index (κ1) is 28.8. The largest absolute Gasteiger partial charge is 0.494 e. The number of fused-ring (bicyclic) bond motifs is 1. The average Bonchev–Trinajstić information content (AvgIpc) is 2.94. The SMILES string of the molecule is CCOc1ccc2nc(-c3cccc(OCC(=O)NC(C)(C)C)c3)nc(N/C(C=N)=C/NC3CCOCC3)c2c1. The van der Waals surface area contributed by atoms with Crippen LogP contribution in [0.1, 0.15) is 40.5 Å². The van der Waals surface area contributed by atoms with E-state index in [1.165, 1.54) is 6.21 Å². The summed E-state index contributed by atoms with van der Waals surface area (Å²) in [5.74, 6) is 2.06. The summed E-state index contributed by atoms with van der Waals surface area (Å²) >= 11 is 0. The van der Waals surface area contributed by atoms with E-state index in [0.717, 1.165) is 37.0 Å². The number of nitrogens with one attached hydrogen (secondary N) is 4. The summed E-state index contributed by atoms with van der Waals surface area (Å²) in [7, 11) is 0. The first-order valence-electron chi connectivity index (χ1n) is 13.5. The standard InChI is InChI=1S/C30H38N6O4/c1-5-39-24-9-10-26-25(16-24)29(33-22(17-31)18-32-21-11-13-38-14-12-21)35-28(34-26)20-7-6-8-23(15-20)40-19-27(37)36-30(2,3)4/h6-10,15-18,21,31-32H,5,11-14,19H2,1-4H3,(H,36,37)(H,33,34,35)/b22-18+,31-17?. The van der Waals surface area contributed by atoms with Gasteiger partial charge in [-0.1, -0.05) is 12.1 Å². The third kappa shape index (κ3) is 8.16. The predicted octanol–water partition coefficient (Wildman–Crippen LogP) is 4.66. The number of aromatic nitrogens is 2. The van der Waals surface area contributed by atoms with Crippen LogP contribution in [0, 0.1) is 5.41 Å². The lowest BCUT2D eigenvalue weighted by molar-refractivity contribution is -0.124. The van der Waals surface area contributed by atoms with E-state index < -0.39 is 0 Å². The molecule has 10 heteroatoms. The summed E-state index contributed by atoms with van der Waals surface area (Å²) in [5.41, 5.74) is 1.67. The number of nitrogens with zero attached hydrogens (tertiary/aromatic N) is 2. The van der Waals surface area contributed by atoms with Gasteiger partial charge in [-0.3, -0.25) is 4.79 Å². The van der Waals surface area contributed by atoms with Crippen LogP contribution in [0.4, 0.5) is 5.82 Å². The second-order valence-electron chi connectivity index (χ2n) is 10.5. The van der Waals surface area contributed by atoms with Crippen LogP contribution in [-0.2, 0) is 9.53 Å². The van der Waals surface area contributed by atoms with Gasteiger partial charge in [-0.2, -0.15) is 0 Å². The van der Waals surface area contributed by atoms with E-state index >= 15 is 0 Å². The van der Waals surface area contributed by atoms with Gasteiger partial charge in [-0.25, -0.2) is 9.97 Å². The molecule has 10 nitrogen and oxygen atoms in total. The molecule has 2 heterocycles. The summed E-state index contributed by atoms with van der Waals surface area (Å²) in [6, 6.07) is 13.3. The number of rotatable bonds is 11. The van der Waals surface area contributed by atoms with E-state index in [-0.39, 0.29) is 18.1 Å². The molecule has 0 unspecified atom stereocenters. The minimum absolute atomic E-state index is 0.0973. The van der Waals surface area contributed by atoms with E-state index in [2.05, 4.69) is 16.0 Å². The van der Waals surface area contributed by atoms with Crippen molar-refractivity contribution in [3.63, 3.8) is 0 Å². The van der Waals surface area contributed by atoms with Crippen LogP contribution in [0.5, 0.6) is 11.5 Å². The minimum Gasteiger partial charge on any atom is -0.494 e. The summed E-state index contributed by atoms with van der Waals surface area (Å²) in [4.78, 5) is 21.9. The quantitative estimate of drug-likeness (QED) is 0.256. The van der Waals surface area contributed by atoms with Gasteiger partial charge in [0.2, 0.25) is 0 Å². The van der Waals surface area contributed by atoms with Crippen LogP contribution in [-0.4, -0.2) is 60.1 Å². The first-order valence-corrected chi connectivity index (χ1v) is 13.5. The van der Waals surface area contributed by atoms with Crippen molar-refractivity contribution in [3.05, 3.63) is 54.4 Å². The third-order valence-electron chi connectivity index (χ3n) is 6.07. The molecule has 2 aromatic carbocycles. The maximum absolute atomic E-state index is 12.2. The first-order chi connectivity index (χ1) is 19.2. The summed E-state index contributed by atoms with van der Waals surface area (Å²) in [6.07, 6.45) is 4.89. The van der Waals surface area contributed by atoms with Crippen molar-refractivity contribution in [3.8, 4) is 22.9 Å². The molecule has 1 amide bonds. The Morgan fingerprint density at radius 1 is 1.10 bits per heavy atom.